The second-order valence-corrected chi connectivity index (χ2v) is 8.39. The summed E-state index contributed by atoms with van der Waals surface area (Å²) in [4.78, 5) is 23.7. The van der Waals surface area contributed by atoms with Crippen LogP contribution in [0, 0.1) is 19.8 Å². The molecular weight excluding hydrogens is 388 g/mol. The fourth-order valence-corrected chi connectivity index (χ4v) is 4.45. The van der Waals surface area contributed by atoms with Crippen molar-refractivity contribution in [1.29, 1.82) is 0 Å². The van der Waals surface area contributed by atoms with E-state index in [-0.39, 0.29) is 18.2 Å². The zero-order chi connectivity index (χ0) is 21.8. The zero-order valence-corrected chi connectivity index (χ0v) is 18.5. The van der Waals surface area contributed by atoms with Gasteiger partial charge in [-0.15, -0.1) is 0 Å². The molecule has 0 aliphatic carbocycles. The van der Waals surface area contributed by atoms with Gasteiger partial charge in [-0.3, -0.25) is 4.79 Å². The minimum Gasteiger partial charge on any atom is -0.485 e. The Morgan fingerprint density at radius 2 is 1.74 bits per heavy atom. The second kappa shape index (κ2) is 9.33. The minimum absolute atomic E-state index is 0.0163. The number of hydrogen-bond acceptors (Lipinski definition) is 5. The monoisotopic (exact) mass is 418 g/mol. The van der Waals surface area contributed by atoms with Gasteiger partial charge >= 0.3 is 0 Å². The van der Waals surface area contributed by atoms with Crippen LogP contribution in [-0.2, 0) is 6.61 Å². The predicted octanol–water partition coefficient (Wildman–Crippen LogP) is 4.31. The smallest absolute Gasteiger partial charge is 0.254 e. The van der Waals surface area contributed by atoms with Crippen molar-refractivity contribution in [2.24, 2.45) is 5.92 Å². The average Bonchev–Trinajstić information content (AvgIpc) is 2.78. The Labute approximate surface area is 183 Å². The van der Waals surface area contributed by atoms with Crippen molar-refractivity contribution in [3.05, 3.63) is 82.3 Å². The molecule has 1 saturated heterocycles. The number of nitrogens with zero attached hydrogens (tertiary/aromatic N) is 4. The number of anilines is 1. The highest BCUT2D eigenvalue weighted by Crippen LogP contribution is 2.31. The van der Waals surface area contributed by atoms with Crippen LogP contribution >= 0.6 is 0 Å². The highest BCUT2D eigenvalue weighted by Gasteiger charge is 2.26. The van der Waals surface area contributed by atoms with E-state index in [4.69, 9.17) is 4.74 Å². The van der Waals surface area contributed by atoms with Crippen LogP contribution in [-0.4, -0.2) is 27.6 Å². The van der Waals surface area contributed by atoms with Gasteiger partial charge in [0, 0.05) is 49.0 Å². The summed E-state index contributed by atoms with van der Waals surface area (Å²) in [6.07, 6.45) is 5.51. The molecule has 1 atom stereocenters. The normalized spacial score (nSPS) is 15.6. The van der Waals surface area contributed by atoms with Gasteiger partial charge in [0.05, 0.1) is 0 Å². The van der Waals surface area contributed by atoms with Crippen molar-refractivity contribution < 1.29 is 4.74 Å². The molecule has 1 unspecified atom stereocenters. The molecule has 0 spiro atoms. The van der Waals surface area contributed by atoms with Crippen molar-refractivity contribution in [3.63, 3.8) is 0 Å². The summed E-state index contributed by atoms with van der Waals surface area (Å²) in [5, 5.41) is 0. The Hall–Kier alpha value is -3.15. The van der Waals surface area contributed by atoms with Crippen LogP contribution in [0.3, 0.4) is 0 Å². The Morgan fingerprint density at radius 3 is 2.39 bits per heavy atom. The van der Waals surface area contributed by atoms with E-state index in [9.17, 15) is 4.79 Å². The predicted molar refractivity (Wildman–Crippen MR) is 123 cm³/mol. The molecule has 2 aromatic heterocycles. The number of aromatic nitrogens is 3. The zero-order valence-electron chi connectivity index (χ0n) is 18.5. The largest absolute Gasteiger partial charge is 0.485 e. The molecule has 31 heavy (non-hydrogen) atoms. The van der Waals surface area contributed by atoms with E-state index in [0.717, 1.165) is 31.6 Å². The number of hydrogen-bond donors (Lipinski definition) is 0. The molecular formula is C25H30N4O2. The Morgan fingerprint density at radius 1 is 1.06 bits per heavy atom. The van der Waals surface area contributed by atoms with Gasteiger partial charge in [0.1, 0.15) is 12.4 Å². The molecule has 1 aliphatic heterocycles. The lowest BCUT2D eigenvalue weighted by atomic mass is 9.89. The summed E-state index contributed by atoms with van der Waals surface area (Å²) in [6.45, 7) is 8.54. The molecule has 4 rings (SSSR count). The maximum Gasteiger partial charge on any atom is 0.254 e. The van der Waals surface area contributed by atoms with Gasteiger partial charge in [0.15, 0.2) is 5.82 Å². The maximum absolute atomic E-state index is 12.9. The first-order chi connectivity index (χ1) is 15.0. The Bertz CT molecular complexity index is 1060. The highest BCUT2D eigenvalue weighted by atomic mass is 16.5. The fourth-order valence-electron chi connectivity index (χ4n) is 4.45. The van der Waals surface area contributed by atoms with Crippen molar-refractivity contribution in [1.82, 2.24) is 14.5 Å². The van der Waals surface area contributed by atoms with Crippen molar-refractivity contribution in [2.45, 2.75) is 46.3 Å². The van der Waals surface area contributed by atoms with E-state index in [2.05, 4.69) is 53.0 Å². The van der Waals surface area contributed by atoms with Crippen molar-refractivity contribution >= 4 is 5.69 Å². The van der Waals surface area contributed by atoms with Gasteiger partial charge in [-0.1, -0.05) is 17.7 Å². The number of piperidine rings is 1. The van der Waals surface area contributed by atoms with Gasteiger partial charge in [0.2, 0.25) is 0 Å². The van der Waals surface area contributed by atoms with E-state index < -0.39 is 0 Å². The number of rotatable bonds is 6. The van der Waals surface area contributed by atoms with Crippen LogP contribution in [0.4, 0.5) is 5.69 Å². The third-order valence-electron chi connectivity index (χ3n) is 6.25. The van der Waals surface area contributed by atoms with Crippen LogP contribution in [0.1, 0.15) is 42.9 Å². The van der Waals surface area contributed by atoms with Gasteiger partial charge in [-0.25, -0.2) is 9.97 Å². The molecule has 0 amide bonds. The van der Waals surface area contributed by atoms with Gasteiger partial charge in [-0.2, -0.15) is 0 Å². The van der Waals surface area contributed by atoms with E-state index in [1.807, 2.05) is 17.6 Å². The van der Waals surface area contributed by atoms with E-state index in [1.54, 1.807) is 24.5 Å². The summed E-state index contributed by atoms with van der Waals surface area (Å²) in [5.41, 5.74) is 3.47. The number of benzene rings is 1. The molecule has 0 N–H and O–H groups in total. The lowest BCUT2D eigenvalue weighted by molar-refractivity contribution is 0.276. The molecule has 6 nitrogen and oxygen atoms in total. The second-order valence-electron chi connectivity index (χ2n) is 8.39. The molecule has 1 aromatic carbocycles. The lowest BCUT2D eigenvalue weighted by Crippen LogP contribution is -2.38. The topological polar surface area (TPSA) is 60.2 Å². The van der Waals surface area contributed by atoms with E-state index >= 15 is 0 Å². The maximum atomic E-state index is 12.9. The van der Waals surface area contributed by atoms with Crippen LogP contribution < -0.4 is 15.2 Å². The number of aryl methyl sites for hydroxylation is 2. The molecule has 6 heteroatoms. The molecule has 1 aliphatic rings. The summed E-state index contributed by atoms with van der Waals surface area (Å²) in [6, 6.07) is 14.2. The molecule has 3 heterocycles. The third-order valence-corrected chi connectivity index (χ3v) is 6.25. The fraction of sp³-hybridized carbons (Fsp3) is 0.400. The van der Waals surface area contributed by atoms with Gasteiger partial charge < -0.3 is 14.2 Å². The van der Waals surface area contributed by atoms with Gasteiger partial charge in [0.25, 0.3) is 5.56 Å². The first-order valence-corrected chi connectivity index (χ1v) is 10.9. The first-order valence-electron chi connectivity index (χ1n) is 10.9. The minimum atomic E-state index is -0.0163. The van der Waals surface area contributed by atoms with E-state index in [1.165, 1.54) is 11.3 Å². The van der Waals surface area contributed by atoms with Crippen LogP contribution in [0.2, 0.25) is 0 Å². The van der Waals surface area contributed by atoms with Crippen LogP contribution in [0.25, 0.3) is 0 Å². The SMILES string of the molecule is Cc1ccc(N2CCC(C(C)n3c(C)cc(OCc4ncccn4)cc3=O)CC2)cc1. The van der Waals surface area contributed by atoms with Crippen LogP contribution in [0.5, 0.6) is 5.75 Å². The number of pyridine rings is 1. The standard InChI is InChI=1S/C25H30N4O2/c1-18-5-7-22(8-6-18)28-13-9-21(10-14-28)20(3)29-19(2)15-23(16-25(29)30)31-17-24-26-11-4-12-27-24/h4-8,11-12,15-16,20-21H,9-10,13-14,17H2,1-3H3. The number of ether oxygens (including phenoxy) is 1. The Kier molecular flexibility index (Phi) is 6.35. The summed E-state index contributed by atoms with van der Waals surface area (Å²) < 4.78 is 7.68. The highest BCUT2D eigenvalue weighted by molar-refractivity contribution is 5.47. The van der Waals surface area contributed by atoms with E-state index in [0.29, 0.717) is 17.5 Å². The Balaban J connectivity index is 1.41. The first kappa shape index (κ1) is 21.1. The third kappa shape index (κ3) is 4.95. The van der Waals surface area contributed by atoms with Crippen molar-refractivity contribution in [2.75, 3.05) is 18.0 Å². The average molecular weight is 419 g/mol. The molecule has 0 bridgehead atoms. The summed E-state index contributed by atoms with van der Waals surface area (Å²) >= 11 is 0. The summed E-state index contributed by atoms with van der Waals surface area (Å²) in [5.74, 6) is 1.63. The molecule has 0 saturated carbocycles. The molecule has 162 valence electrons. The quantitative estimate of drug-likeness (QED) is 0.597. The van der Waals surface area contributed by atoms with Crippen molar-refractivity contribution in [3.8, 4) is 5.75 Å². The lowest BCUT2D eigenvalue weighted by Gasteiger charge is -2.37. The van der Waals surface area contributed by atoms with Crippen LogP contribution in [0.15, 0.2) is 59.7 Å². The molecule has 3 aromatic rings. The summed E-state index contributed by atoms with van der Waals surface area (Å²) in [7, 11) is 0. The van der Waals surface area contributed by atoms with Gasteiger partial charge in [-0.05, 0) is 63.8 Å². The molecule has 1 fully saturated rings. The molecule has 0 radical (unpaired) electrons.